The largest absolute Gasteiger partial charge is 0.399 e. The van der Waals surface area contributed by atoms with Crippen LogP contribution in [0.25, 0.3) is 0 Å². The van der Waals surface area contributed by atoms with Crippen LogP contribution in [0.4, 0.5) is 5.69 Å². The first-order chi connectivity index (χ1) is 9.47. The maximum Gasteiger partial charge on any atom is 0.254 e. The third kappa shape index (κ3) is 3.18. The molecule has 0 bridgehead atoms. The number of anilines is 1. The summed E-state index contributed by atoms with van der Waals surface area (Å²) >= 11 is 0. The van der Waals surface area contributed by atoms with Gasteiger partial charge in [-0.05, 0) is 43.2 Å². The van der Waals surface area contributed by atoms with Crippen molar-refractivity contribution in [2.75, 3.05) is 12.8 Å². The van der Waals surface area contributed by atoms with Gasteiger partial charge in [-0.2, -0.15) is 0 Å². The lowest BCUT2D eigenvalue weighted by Crippen LogP contribution is -2.26. The molecular formula is C17H20N2O. The zero-order valence-corrected chi connectivity index (χ0v) is 12.2. The highest BCUT2D eigenvalue weighted by atomic mass is 16.2. The quantitative estimate of drug-likeness (QED) is 0.869. The number of amides is 1. The molecule has 2 aromatic carbocycles. The number of carbonyl (C=O) groups excluding carboxylic acids is 1. The van der Waals surface area contributed by atoms with Gasteiger partial charge < -0.3 is 10.6 Å². The second kappa shape index (κ2) is 5.78. The van der Waals surface area contributed by atoms with Crippen LogP contribution in [0.1, 0.15) is 27.0 Å². The van der Waals surface area contributed by atoms with Crippen LogP contribution in [0.5, 0.6) is 0 Å². The van der Waals surface area contributed by atoms with Crippen molar-refractivity contribution < 1.29 is 4.79 Å². The Balaban J connectivity index is 2.16. The Labute approximate surface area is 120 Å². The van der Waals surface area contributed by atoms with Crippen LogP contribution in [0.3, 0.4) is 0 Å². The van der Waals surface area contributed by atoms with Crippen LogP contribution in [-0.4, -0.2) is 17.9 Å². The Morgan fingerprint density at radius 1 is 1.10 bits per heavy atom. The van der Waals surface area contributed by atoms with E-state index in [0.717, 1.165) is 27.9 Å². The number of nitrogens with two attached hydrogens (primary N) is 1. The van der Waals surface area contributed by atoms with Gasteiger partial charge in [-0.3, -0.25) is 4.79 Å². The summed E-state index contributed by atoms with van der Waals surface area (Å²) in [5.74, 6) is 0.0445. The second-order valence-electron chi connectivity index (χ2n) is 5.22. The SMILES string of the molecule is Cc1ccc(C)c(C(=O)N(C)Cc2ccc(N)cc2)c1. The number of nitrogens with zero attached hydrogens (tertiary/aromatic N) is 1. The first kappa shape index (κ1) is 14.1. The minimum atomic E-state index is 0.0445. The summed E-state index contributed by atoms with van der Waals surface area (Å²) in [4.78, 5) is 14.2. The van der Waals surface area contributed by atoms with E-state index in [0.29, 0.717) is 6.54 Å². The maximum absolute atomic E-state index is 12.5. The molecule has 0 aliphatic heterocycles. The van der Waals surface area contributed by atoms with E-state index in [9.17, 15) is 4.79 Å². The molecule has 20 heavy (non-hydrogen) atoms. The van der Waals surface area contributed by atoms with Crippen LogP contribution in [0.15, 0.2) is 42.5 Å². The van der Waals surface area contributed by atoms with Crippen molar-refractivity contribution >= 4 is 11.6 Å². The van der Waals surface area contributed by atoms with Gasteiger partial charge in [0, 0.05) is 24.8 Å². The number of hydrogen-bond acceptors (Lipinski definition) is 2. The molecule has 0 atom stereocenters. The Bertz CT molecular complexity index is 617. The summed E-state index contributed by atoms with van der Waals surface area (Å²) in [7, 11) is 1.82. The van der Waals surface area contributed by atoms with E-state index in [1.54, 1.807) is 4.90 Å². The maximum atomic E-state index is 12.5. The summed E-state index contributed by atoms with van der Waals surface area (Å²) in [5.41, 5.74) is 10.3. The molecule has 0 fully saturated rings. The predicted molar refractivity (Wildman–Crippen MR) is 82.6 cm³/mol. The molecule has 0 aliphatic rings. The highest BCUT2D eigenvalue weighted by Crippen LogP contribution is 2.15. The first-order valence-corrected chi connectivity index (χ1v) is 6.64. The standard InChI is InChI=1S/C17H20N2O/c1-12-4-5-13(2)16(10-12)17(20)19(3)11-14-6-8-15(18)9-7-14/h4-10H,11,18H2,1-3H3. The number of aryl methyl sites for hydroxylation is 2. The van der Waals surface area contributed by atoms with Crippen molar-refractivity contribution in [3.8, 4) is 0 Å². The number of benzene rings is 2. The zero-order chi connectivity index (χ0) is 14.7. The van der Waals surface area contributed by atoms with E-state index >= 15 is 0 Å². The third-order valence-electron chi connectivity index (χ3n) is 3.37. The summed E-state index contributed by atoms with van der Waals surface area (Å²) in [6.45, 7) is 4.53. The molecule has 0 aliphatic carbocycles. The molecule has 0 saturated heterocycles. The highest BCUT2D eigenvalue weighted by Gasteiger charge is 2.14. The molecule has 2 N–H and O–H groups in total. The van der Waals surface area contributed by atoms with Crippen molar-refractivity contribution in [2.45, 2.75) is 20.4 Å². The highest BCUT2D eigenvalue weighted by molar-refractivity contribution is 5.95. The topological polar surface area (TPSA) is 46.3 Å². The van der Waals surface area contributed by atoms with Crippen LogP contribution in [-0.2, 0) is 6.54 Å². The minimum Gasteiger partial charge on any atom is -0.399 e. The molecule has 0 saturated carbocycles. The normalized spacial score (nSPS) is 10.3. The van der Waals surface area contributed by atoms with Crippen LogP contribution < -0.4 is 5.73 Å². The summed E-state index contributed by atoms with van der Waals surface area (Å²) < 4.78 is 0. The molecule has 2 aromatic rings. The molecule has 0 radical (unpaired) electrons. The lowest BCUT2D eigenvalue weighted by Gasteiger charge is -2.19. The first-order valence-electron chi connectivity index (χ1n) is 6.64. The van der Waals surface area contributed by atoms with Gasteiger partial charge in [0.05, 0.1) is 0 Å². The predicted octanol–water partition coefficient (Wildman–Crippen LogP) is 3.16. The molecule has 104 valence electrons. The Morgan fingerprint density at radius 2 is 1.75 bits per heavy atom. The van der Waals surface area contributed by atoms with E-state index in [2.05, 4.69) is 0 Å². The van der Waals surface area contributed by atoms with Crippen LogP contribution >= 0.6 is 0 Å². The van der Waals surface area contributed by atoms with Gasteiger partial charge in [-0.25, -0.2) is 0 Å². The summed E-state index contributed by atoms with van der Waals surface area (Å²) in [6, 6.07) is 13.5. The Morgan fingerprint density at radius 3 is 2.40 bits per heavy atom. The van der Waals surface area contributed by atoms with E-state index in [1.807, 2.05) is 63.4 Å². The van der Waals surface area contributed by atoms with E-state index in [4.69, 9.17) is 5.73 Å². The average Bonchev–Trinajstić information content (AvgIpc) is 2.43. The van der Waals surface area contributed by atoms with E-state index in [-0.39, 0.29) is 5.91 Å². The van der Waals surface area contributed by atoms with Crippen molar-refractivity contribution in [3.63, 3.8) is 0 Å². The fraction of sp³-hybridized carbons (Fsp3) is 0.235. The van der Waals surface area contributed by atoms with Gasteiger partial charge in [0.2, 0.25) is 0 Å². The molecule has 0 unspecified atom stereocenters. The van der Waals surface area contributed by atoms with Gasteiger partial charge in [-0.1, -0.05) is 29.8 Å². The van der Waals surface area contributed by atoms with Gasteiger partial charge in [0.1, 0.15) is 0 Å². The third-order valence-corrected chi connectivity index (χ3v) is 3.37. The summed E-state index contributed by atoms with van der Waals surface area (Å²) in [5, 5.41) is 0. The smallest absolute Gasteiger partial charge is 0.254 e. The number of rotatable bonds is 3. The molecule has 2 rings (SSSR count). The van der Waals surface area contributed by atoms with Gasteiger partial charge in [0.15, 0.2) is 0 Å². The molecule has 0 aromatic heterocycles. The number of nitrogen functional groups attached to an aromatic ring is 1. The fourth-order valence-electron chi connectivity index (χ4n) is 2.14. The zero-order valence-electron chi connectivity index (χ0n) is 12.2. The lowest BCUT2D eigenvalue weighted by atomic mass is 10.0. The van der Waals surface area contributed by atoms with Crippen LogP contribution in [0.2, 0.25) is 0 Å². The number of carbonyl (C=O) groups is 1. The summed E-state index contributed by atoms with van der Waals surface area (Å²) in [6.07, 6.45) is 0. The Kier molecular flexibility index (Phi) is 4.08. The lowest BCUT2D eigenvalue weighted by molar-refractivity contribution is 0.0784. The molecule has 0 heterocycles. The van der Waals surface area contributed by atoms with Crippen molar-refractivity contribution in [2.24, 2.45) is 0 Å². The molecular weight excluding hydrogens is 248 g/mol. The molecule has 1 amide bonds. The average molecular weight is 268 g/mol. The fourth-order valence-corrected chi connectivity index (χ4v) is 2.14. The van der Waals surface area contributed by atoms with Crippen molar-refractivity contribution in [3.05, 3.63) is 64.7 Å². The monoisotopic (exact) mass is 268 g/mol. The van der Waals surface area contributed by atoms with Crippen molar-refractivity contribution in [1.82, 2.24) is 4.90 Å². The van der Waals surface area contributed by atoms with Gasteiger partial charge >= 0.3 is 0 Å². The molecule has 3 heteroatoms. The molecule has 0 spiro atoms. The van der Waals surface area contributed by atoms with Crippen LogP contribution in [0, 0.1) is 13.8 Å². The van der Waals surface area contributed by atoms with Gasteiger partial charge in [-0.15, -0.1) is 0 Å². The van der Waals surface area contributed by atoms with E-state index in [1.165, 1.54) is 0 Å². The number of hydrogen-bond donors (Lipinski definition) is 1. The molecule has 3 nitrogen and oxygen atoms in total. The minimum absolute atomic E-state index is 0.0445. The Hall–Kier alpha value is -2.29. The second-order valence-corrected chi connectivity index (χ2v) is 5.22. The van der Waals surface area contributed by atoms with Gasteiger partial charge in [0.25, 0.3) is 5.91 Å². The van der Waals surface area contributed by atoms with Crippen molar-refractivity contribution in [1.29, 1.82) is 0 Å². The van der Waals surface area contributed by atoms with E-state index < -0.39 is 0 Å².